The van der Waals surface area contributed by atoms with E-state index in [1.165, 1.54) is 44.1 Å². The topological polar surface area (TPSA) is 61.8 Å². The number of methoxy groups -OCH3 is 1. The zero-order valence-corrected chi connectivity index (χ0v) is 20.3. The zero-order valence-electron chi connectivity index (χ0n) is 20.3. The van der Waals surface area contributed by atoms with Gasteiger partial charge in [-0.05, 0) is 37.2 Å². The summed E-state index contributed by atoms with van der Waals surface area (Å²) < 4.78 is 15.9. The molecule has 1 atom stereocenters. The molecule has 0 saturated heterocycles. The van der Waals surface area contributed by atoms with Gasteiger partial charge in [0.05, 0.1) is 13.2 Å². The highest BCUT2D eigenvalue weighted by atomic mass is 16.5. The first-order valence-electron chi connectivity index (χ1n) is 12.5. The second kappa shape index (κ2) is 19.8. The third kappa shape index (κ3) is 15.0. The molecule has 182 valence electrons. The van der Waals surface area contributed by atoms with Crippen molar-refractivity contribution in [2.24, 2.45) is 0 Å². The summed E-state index contributed by atoms with van der Waals surface area (Å²) in [5.41, 5.74) is 1.24. The van der Waals surface area contributed by atoms with Gasteiger partial charge in [0.25, 0.3) is 0 Å². The standard InChI is InChI=1S/C27H44O5/c1-3-4-5-6-7-8-9-13-21-31-26(28)17-14-18-27(29)32-23-20-25(19-22-30-2)24-15-11-10-12-16-24/h10-12,15-16,25H,3-9,13-14,17-23H2,1-2H3. The van der Waals surface area contributed by atoms with Gasteiger partial charge in [-0.1, -0.05) is 82.2 Å². The molecule has 1 aromatic carbocycles. The summed E-state index contributed by atoms with van der Waals surface area (Å²) in [5, 5.41) is 0. The van der Waals surface area contributed by atoms with Crippen LogP contribution in [0.5, 0.6) is 0 Å². The van der Waals surface area contributed by atoms with Crippen LogP contribution in [0.25, 0.3) is 0 Å². The second-order valence-corrected chi connectivity index (χ2v) is 8.45. The monoisotopic (exact) mass is 448 g/mol. The number of carbonyl (C=O) groups excluding carboxylic acids is 2. The summed E-state index contributed by atoms with van der Waals surface area (Å²) in [6.45, 7) is 3.77. The fraction of sp³-hybridized carbons (Fsp3) is 0.704. The van der Waals surface area contributed by atoms with Crippen molar-refractivity contribution in [1.82, 2.24) is 0 Å². The number of esters is 2. The molecule has 0 bridgehead atoms. The zero-order chi connectivity index (χ0) is 23.3. The third-order valence-electron chi connectivity index (χ3n) is 5.69. The molecule has 0 spiro atoms. The normalized spacial score (nSPS) is 11.8. The smallest absolute Gasteiger partial charge is 0.305 e. The first-order valence-corrected chi connectivity index (χ1v) is 12.5. The molecule has 5 heteroatoms. The predicted octanol–water partition coefficient (Wildman–Crippen LogP) is 6.59. The van der Waals surface area contributed by atoms with Crippen LogP contribution >= 0.6 is 0 Å². The SMILES string of the molecule is CCCCCCCCCCOC(=O)CCCC(=O)OCCC(CCOC)c1ccccc1. The Kier molecular flexibility index (Phi) is 17.4. The molecule has 1 unspecified atom stereocenters. The lowest BCUT2D eigenvalue weighted by Crippen LogP contribution is -2.12. The van der Waals surface area contributed by atoms with Crippen molar-refractivity contribution in [2.75, 3.05) is 26.9 Å². The molecule has 0 amide bonds. The van der Waals surface area contributed by atoms with E-state index < -0.39 is 0 Å². The molecule has 0 fully saturated rings. The third-order valence-corrected chi connectivity index (χ3v) is 5.69. The van der Waals surface area contributed by atoms with Crippen molar-refractivity contribution in [3.63, 3.8) is 0 Å². The van der Waals surface area contributed by atoms with E-state index in [2.05, 4.69) is 19.1 Å². The summed E-state index contributed by atoms with van der Waals surface area (Å²) >= 11 is 0. The summed E-state index contributed by atoms with van der Waals surface area (Å²) in [5.74, 6) is -0.167. The minimum atomic E-state index is -0.251. The van der Waals surface area contributed by atoms with Crippen molar-refractivity contribution in [1.29, 1.82) is 0 Å². The Labute approximate surface area is 195 Å². The molecule has 0 heterocycles. The van der Waals surface area contributed by atoms with Gasteiger partial charge in [0.15, 0.2) is 0 Å². The fourth-order valence-corrected chi connectivity index (χ4v) is 3.72. The molecule has 1 aromatic rings. The molecular formula is C27H44O5. The van der Waals surface area contributed by atoms with E-state index >= 15 is 0 Å². The highest BCUT2D eigenvalue weighted by molar-refractivity contribution is 5.72. The molecule has 32 heavy (non-hydrogen) atoms. The Hall–Kier alpha value is -1.88. The quantitative estimate of drug-likeness (QED) is 0.166. The van der Waals surface area contributed by atoms with Crippen molar-refractivity contribution >= 4 is 11.9 Å². The van der Waals surface area contributed by atoms with Crippen molar-refractivity contribution < 1.29 is 23.8 Å². The van der Waals surface area contributed by atoms with E-state index in [-0.39, 0.29) is 24.8 Å². The molecule has 0 radical (unpaired) electrons. The highest BCUT2D eigenvalue weighted by Crippen LogP contribution is 2.23. The van der Waals surface area contributed by atoms with Crippen molar-refractivity contribution in [3.05, 3.63) is 35.9 Å². The van der Waals surface area contributed by atoms with Crippen LogP contribution in [0.4, 0.5) is 0 Å². The largest absolute Gasteiger partial charge is 0.466 e. The first-order chi connectivity index (χ1) is 15.7. The van der Waals surface area contributed by atoms with Gasteiger partial charge in [0.2, 0.25) is 0 Å². The molecule has 1 rings (SSSR count). The summed E-state index contributed by atoms with van der Waals surface area (Å²) in [4.78, 5) is 23.8. The van der Waals surface area contributed by atoms with Gasteiger partial charge in [0.1, 0.15) is 0 Å². The maximum atomic E-state index is 12.0. The Morgan fingerprint density at radius 1 is 0.719 bits per heavy atom. The summed E-state index contributed by atoms with van der Waals surface area (Å²) in [6, 6.07) is 10.2. The average molecular weight is 449 g/mol. The maximum Gasteiger partial charge on any atom is 0.305 e. The van der Waals surface area contributed by atoms with E-state index in [0.29, 0.717) is 32.2 Å². The molecule has 0 N–H and O–H groups in total. The molecule has 0 aliphatic rings. The maximum absolute atomic E-state index is 12.0. The molecule has 0 aromatic heterocycles. The number of benzene rings is 1. The van der Waals surface area contributed by atoms with Gasteiger partial charge in [-0.25, -0.2) is 0 Å². The van der Waals surface area contributed by atoms with E-state index in [1.807, 2.05) is 18.2 Å². The van der Waals surface area contributed by atoms with Crippen LogP contribution in [0.3, 0.4) is 0 Å². The Morgan fingerprint density at radius 2 is 1.28 bits per heavy atom. The van der Waals surface area contributed by atoms with Crippen molar-refractivity contribution in [2.45, 2.75) is 96.3 Å². The first kappa shape index (κ1) is 28.2. The van der Waals surface area contributed by atoms with Gasteiger partial charge >= 0.3 is 11.9 Å². The lowest BCUT2D eigenvalue weighted by molar-refractivity contribution is -0.145. The lowest BCUT2D eigenvalue weighted by atomic mass is 9.93. The van der Waals surface area contributed by atoms with E-state index in [1.54, 1.807) is 7.11 Å². The average Bonchev–Trinajstić information content (AvgIpc) is 2.80. The van der Waals surface area contributed by atoms with Crippen LogP contribution in [-0.2, 0) is 23.8 Å². The number of ether oxygens (including phenoxy) is 3. The van der Waals surface area contributed by atoms with Gasteiger partial charge in [0, 0.05) is 26.6 Å². The van der Waals surface area contributed by atoms with Gasteiger partial charge in [-0.2, -0.15) is 0 Å². The lowest BCUT2D eigenvalue weighted by Gasteiger charge is -2.17. The van der Waals surface area contributed by atoms with E-state index in [9.17, 15) is 9.59 Å². The molecule has 5 nitrogen and oxygen atoms in total. The molecule has 0 aliphatic heterocycles. The minimum Gasteiger partial charge on any atom is -0.466 e. The van der Waals surface area contributed by atoms with Gasteiger partial charge in [-0.3, -0.25) is 9.59 Å². The summed E-state index contributed by atoms with van der Waals surface area (Å²) in [7, 11) is 1.70. The van der Waals surface area contributed by atoms with Crippen LogP contribution in [0.2, 0.25) is 0 Å². The van der Waals surface area contributed by atoms with Gasteiger partial charge < -0.3 is 14.2 Å². The van der Waals surface area contributed by atoms with Gasteiger partial charge in [-0.15, -0.1) is 0 Å². The fourth-order valence-electron chi connectivity index (χ4n) is 3.72. The molecule has 0 saturated carbocycles. The Bertz CT molecular complexity index is 587. The number of unbranched alkanes of at least 4 members (excludes halogenated alkanes) is 7. The number of rotatable bonds is 20. The number of carbonyl (C=O) groups is 2. The van der Waals surface area contributed by atoms with Crippen LogP contribution in [-0.4, -0.2) is 38.9 Å². The number of hydrogen-bond donors (Lipinski definition) is 0. The highest BCUT2D eigenvalue weighted by Gasteiger charge is 2.13. The van der Waals surface area contributed by atoms with Crippen LogP contribution in [0.15, 0.2) is 30.3 Å². The van der Waals surface area contributed by atoms with Crippen LogP contribution in [0.1, 0.15) is 102 Å². The molecule has 0 aliphatic carbocycles. The van der Waals surface area contributed by atoms with Crippen LogP contribution < -0.4 is 0 Å². The van der Waals surface area contributed by atoms with Crippen molar-refractivity contribution in [3.8, 4) is 0 Å². The van der Waals surface area contributed by atoms with E-state index in [4.69, 9.17) is 14.2 Å². The number of hydrogen-bond acceptors (Lipinski definition) is 5. The summed E-state index contributed by atoms with van der Waals surface area (Å²) in [6.07, 6.45) is 12.4. The minimum absolute atomic E-state index is 0.218. The molecular weight excluding hydrogens is 404 g/mol. The van der Waals surface area contributed by atoms with Crippen LogP contribution in [0, 0.1) is 0 Å². The van der Waals surface area contributed by atoms with E-state index in [0.717, 1.165) is 25.7 Å². The second-order valence-electron chi connectivity index (χ2n) is 8.45. The Morgan fingerprint density at radius 3 is 1.91 bits per heavy atom. The predicted molar refractivity (Wildman–Crippen MR) is 129 cm³/mol. The Balaban J connectivity index is 2.05.